The summed E-state index contributed by atoms with van der Waals surface area (Å²) in [7, 11) is -2.57. The molecule has 0 saturated carbocycles. The molecule has 160 valence electrons. The molecule has 0 bridgehead atoms. The minimum Gasteiger partial charge on any atom is -0.497 e. The van der Waals surface area contributed by atoms with E-state index in [4.69, 9.17) is 9.47 Å². The van der Waals surface area contributed by atoms with E-state index in [0.717, 1.165) is 4.31 Å². The molecule has 2 rings (SSSR count). The van der Waals surface area contributed by atoms with Gasteiger partial charge >= 0.3 is 5.97 Å². The maximum atomic E-state index is 13.3. The number of hydrogen-bond donors (Lipinski definition) is 2. The number of amides is 1. The van der Waals surface area contributed by atoms with E-state index in [9.17, 15) is 23.2 Å². The summed E-state index contributed by atoms with van der Waals surface area (Å²) in [6, 6.07) is 4.63. The lowest BCUT2D eigenvalue weighted by Gasteiger charge is -2.31. The number of hydroxylamine groups is 1. The molecule has 2 unspecified atom stereocenters. The van der Waals surface area contributed by atoms with Gasteiger partial charge in [-0.1, -0.05) is 12.5 Å². The molecular formula is C19H26N2O7S. The van der Waals surface area contributed by atoms with Gasteiger partial charge < -0.3 is 9.47 Å². The highest BCUT2D eigenvalue weighted by Crippen LogP contribution is 2.30. The van der Waals surface area contributed by atoms with Crippen LogP contribution in [0.3, 0.4) is 0 Å². The van der Waals surface area contributed by atoms with Crippen molar-refractivity contribution >= 4 is 21.9 Å². The van der Waals surface area contributed by atoms with Crippen LogP contribution in [0.25, 0.3) is 0 Å². The van der Waals surface area contributed by atoms with Crippen molar-refractivity contribution < 1.29 is 32.7 Å². The zero-order valence-electron chi connectivity index (χ0n) is 16.4. The minimum absolute atomic E-state index is 0.00376. The Morgan fingerprint density at radius 3 is 2.55 bits per heavy atom. The van der Waals surface area contributed by atoms with Crippen molar-refractivity contribution in [3.05, 3.63) is 36.4 Å². The van der Waals surface area contributed by atoms with Crippen LogP contribution >= 0.6 is 0 Å². The first-order chi connectivity index (χ1) is 13.8. The summed E-state index contributed by atoms with van der Waals surface area (Å²) < 4.78 is 37.5. The Labute approximate surface area is 170 Å². The smallest absolute Gasteiger partial charge is 0.330 e. The predicted molar refractivity (Wildman–Crippen MR) is 104 cm³/mol. The number of ether oxygens (including phenoxy) is 2. The summed E-state index contributed by atoms with van der Waals surface area (Å²) in [6.45, 7) is 1.98. The zero-order chi connectivity index (χ0) is 21.4. The summed E-state index contributed by atoms with van der Waals surface area (Å²) in [5.41, 5.74) is 1.56. The largest absolute Gasteiger partial charge is 0.497 e. The molecule has 1 saturated heterocycles. The fourth-order valence-corrected chi connectivity index (χ4v) is 4.97. The van der Waals surface area contributed by atoms with E-state index in [1.807, 2.05) is 0 Å². The van der Waals surface area contributed by atoms with Gasteiger partial charge in [-0.25, -0.2) is 18.7 Å². The normalized spacial score (nSPS) is 20.8. The summed E-state index contributed by atoms with van der Waals surface area (Å²) in [4.78, 5) is 24.1. The van der Waals surface area contributed by atoms with Crippen LogP contribution in [0.2, 0.25) is 0 Å². The van der Waals surface area contributed by atoms with E-state index in [2.05, 4.69) is 0 Å². The molecule has 1 fully saturated rings. The molecule has 0 spiro atoms. The third kappa shape index (κ3) is 5.55. The number of rotatable bonds is 7. The average molecular weight is 426 g/mol. The lowest BCUT2D eigenvalue weighted by molar-refractivity contribution is -0.137. The van der Waals surface area contributed by atoms with Crippen molar-refractivity contribution in [2.75, 3.05) is 20.3 Å². The number of hydrogen-bond acceptors (Lipinski definition) is 7. The number of esters is 1. The van der Waals surface area contributed by atoms with Gasteiger partial charge in [0.1, 0.15) is 11.8 Å². The van der Waals surface area contributed by atoms with Gasteiger partial charge in [-0.3, -0.25) is 10.0 Å². The summed E-state index contributed by atoms with van der Waals surface area (Å²) in [6.07, 6.45) is 4.33. The topological polar surface area (TPSA) is 122 Å². The average Bonchev–Trinajstić information content (AvgIpc) is 2.95. The van der Waals surface area contributed by atoms with Gasteiger partial charge in [0, 0.05) is 18.5 Å². The van der Waals surface area contributed by atoms with Crippen LogP contribution < -0.4 is 10.2 Å². The Balaban J connectivity index is 2.42. The lowest BCUT2D eigenvalue weighted by Crippen LogP contribution is -2.51. The lowest BCUT2D eigenvalue weighted by atomic mass is 9.94. The van der Waals surface area contributed by atoms with Crippen LogP contribution in [0.4, 0.5) is 0 Å². The molecule has 0 aliphatic carbocycles. The molecule has 1 aromatic carbocycles. The standard InChI is InChI=1S/C19H26N2O7S/c1-3-28-17(22)12-7-14-6-4-5-13-21(18(14)19(23)20-24)29(25,26)16-10-8-15(27-2)9-11-16/h7-12,14,18,24H,3-6,13H2,1-2H3,(H,20,23). The van der Waals surface area contributed by atoms with Crippen molar-refractivity contribution in [1.29, 1.82) is 0 Å². The van der Waals surface area contributed by atoms with Gasteiger partial charge in [-0.15, -0.1) is 0 Å². The summed E-state index contributed by atoms with van der Waals surface area (Å²) in [5, 5.41) is 9.23. The quantitative estimate of drug-likeness (QED) is 0.293. The molecule has 1 aromatic rings. The van der Waals surface area contributed by atoms with Crippen LogP contribution in [0.1, 0.15) is 26.2 Å². The van der Waals surface area contributed by atoms with Gasteiger partial charge in [0.2, 0.25) is 10.0 Å². The van der Waals surface area contributed by atoms with Crippen LogP contribution in [0.5, 0.6) is 5.75 Å². The van der Waals surface area contributed by atoms with Crippen molar-refractivity contribution in [3.8, 4) is 5.75 Å². The van der Waals surface area contributed by atoms with Crippen molar-refractivity contribution in [3.63, 3.8) is 0 Å². The first-order valence-corrected chi connectivity index (χ1v) is 10.7. The molecule has 10 heteroatoms. The van der Waals surface area contributed by atoms with Crippen molar-refractivity contribution in [2.24, 2.45) is 5.92 Å². The van der Waals surface area contributed by atoms with E-state index in [-0.39, 0.29) is 18.0 Å². The van der Waals surface area contributed by atoms with Gasteiger partial charge in [0.05, 0.1) is 18.6 Å². The Bertz CT molecular complexity index is 837. The number of sulfonamides is 1. The molecule has 2 N–H and O–H groups in total. The van der Waals surface area contributed by atoms with Crippen LogP contribution in [0, 0.1) is 5.92 Å². The maximum Gasteiger partial charge on any atom is 0.330 e. The number of nitrogens with zero attached hydrogens (tertiary/aromatic N) is 1. The second-order valence-electron chi connectivity index (χ2n) is 6.48. The molecule has 1 amide bonds. The van der Waals surface area contributed by atoms with Crippen LogP contribution in [-0.2, 0) is 24.3 Å². The third-order valence-corrected chi connectivity index (χ3v) is 6.59. The molecule has 2 atom stereocenters. The SMILES string of the molecule is CCOC(=O)C=CC1CCCCN(S(=O)(=O)c2ccc(OC)cc2)C1C(=O)NO. The van der Waals surface area contributed by atoms with Crippen molar-refractivity contribution in [1.82, 2.24) is 9.79 Å². The third-order valence-electron chi connectivity index (χ3n) is 4.69. The summed E-state index contributed by atoms with van der Waals surface area (Å²) >= 11 is 0. The number of nitrogens with one attached hydrogen (secondary N) is 1. The highest BCUT2D eigenvalue weighted by Gasteiger charge is 2.41. The molecule has 1 aliphatic heterocycles. The van der Waals surface area contributed by atoms with Gasteiger partial charge in [-0.2, -0.15) is 4.31 Å². The molecule has 1 heterocycles. The number of carbonyl (C=O) groups excluding carboxylic acids is 2. The monoisotopic (exact) mass is 426 g/mol. The molecule has 0 radical (unpaired) electrons. The number of benzene rings is 1. The zero-order valence-corrected chi connectivity index (χ0v) is 17.2. The van der Waals surface area contributed by atoms with E-state index < -0.39 is 33.9 Å². The Morgan fingerprint density at radius 2 is 1.97 bits per heavy atom. The highest BCUT2D eigenvalue weighted by molar-refractivity contribution is 7.89. The molecule has 29 heavy (non-hydrogen) atoms. The van der Waals surface area contributed by atoms with Gasteiger partial charge in [0.25, 0.3) is 5.91 Å². The second-order valence-corrected chi connectivity index (χ2v) is 8.37. The second kappa shape index (κ2) is 10.4. The fourth-order valence-electron chi connectivity index (χ4n) is 3.30. The fraction of sp³-hybridized carbons (Fsp3) is 0.474. The van der Waals surface area contributed by atoms with E-state index >= 15 is 0 Å². The Morgan fingerprint density at radius 1 is 1.28 bits per heavy atom. The van der Waals surface area contributed by atoms with E-state index in [1.165, 1.54) is 43.5 Å². The van der Waals surface area contributed by atoms with Gasteiger partial charge in [-0.05, 0) is 44.0 Å². The van der Waals surface area contributed by atoms with Crippen LogP contribution in [0.15, 0.2) is 41.3 Å². The number of carbonyl (C=O) groups is 2. The number of methoxy groups -OCH3 is 1. The first-order valence-electron chi connectivity index (χ1n) is 9.30. The van der Waals surface area contributed by atoms with E-state index in [1.54, 1.807) is 12.4 Å². The molecule has 9 nitrogen and oxygen atoms in total. The maximum absolute atomic E-state index is 13.3. The molecular weight excluding hydrogens is 400 g/mol. The van der Waals surface area contributed by atoms with Crippen molar-refractivity contribution in [2.45, 2.75) is 37.1 Å². The predicted octanol–water partition coefficient (Wildman–Crippen LogP) is 1.48. The minimum atomic E-state index is -4.04. The summed E-state index contributed by atoms with van der Waals surface area (Å²) in [5.74, 6) is -1.55. The van der Waals surface area contributed by atoms with Gasteiger partial charge in [0.15, 0.2) is 0 Å². The molecule has 0 aromatic heterocycles. The first kappa shape index (κ1) is 22.9. The van der Waals surface area contributed by atoms with Crippen LogP contribution in [-0.4, -0.2) is 56.1 Å². The molecule has 1 aliphatic rings. The Hall–Kier alpha value is -2.43. The van der Waals surface area contributed by atoms with E-state index in [0.29, 0.717) is 25.0 Å². The Kier molecular flexibility index (Phi) is 8.18. The highest BCUT2D eigenvalue weighted by atomic mass is 32.2.